The first-order valence-electron chi connectivity index (χ1n) is 6.56. The molecule has 0 aromatic carbocycles. The Kier molecular flexibility index (Phi) is 2.46. The second kappa shape index (κ2) is 3.73. The van der Waals surface area contributed by atoms with Gasteiger partial charge in [0.05, 0.1) is 6.10 Å². The molecule has 16 heavy (non-hydrogen) atoms. The van der Waals surface area contributed by atoms with Crippen LogP contribution >= 0.6 is 0 Å². The summed E-state index contributed by atoms with van der Waals surface area (Å²) in [5, 5.41) is 9.87. The summed E-state index contributed by atoms with van der Waals surface area (Å²) in [6.45, 7) is 1.84. The molecular formula is C13H20O3. The Hall–Kier alpha value is -0.570. The number of ether oxygens (including phenoxy) is 1. The van der Waals surface area contributed by atoms with Crippen molar-refractivity contribution in [2.24, 2.45) is 23.7 Å². The van der Waals surface area contributed by atoms with Crippen LogP contribution in [-0.4, -0.2) is 23.3 Å². The van der Waals surface area contributed by atoms with Crippen molar-refractivity contribution in [3.05, 3.63) is 0 Å². The molecule has 0 aromatic rings. The zero-order chi connectivity index (χ0) is 11.3. The molecule has 0 amide bonds. The standard InChI is InChI=1S/C13H20O3/c1-2-13(15)16-8-5-9-7-3-11(10(9)6-8)12(14)4-7/h7-12,14H,2-6H2,1H3. The molecule has 0 aliphatic heterocycles. The smallest absolute Gasteiger partial charge is 0.305 e. The van der Waals surface area contributed by atoms with Gasteiger partial charge in [-0.2, -0.15) is 0 Å². The van der Waals surface area contributed by atoms with Crippen molar-refractivity contribution in [3.63, 3.8) is 0 Å². The minimum atomic E-state index is -0.0770. The maximum absolute atomic E-state index is 11.3. The first kappa shape index (κ1) is 10.6. The lowest BCUT2D eigenvalue weighted by Crippen LogP contribution is -2.27. The van der Waals surface area contributed by atoms with Gasteiger partial charge in [-0.1, -0.05) is 6.92 Å². The average molecular weight is 224 g/mol. The van der Waals surface area contributed by atoms with Gasteiger partial charge in [-0.3, -0.25) is 4.79 Å². The quantitative estimate of drug-likeness (QED) is 0.727. The molecule has 0 radical (unpaired) electrons. The molecule has 3 saturated carbocycles. The normalized spacial score (nSPS) is 49.4. The zero-order valence-corrected chi connectivity index (χ0v) is 9.76. The Morgan fingerprint density at radius 1 is 1.19 bits per heavy atom. The summed E-state index contributed by atoms with van der Waals surface area (Å²) in [7, 11) is 0. The Labute approximate surface area is 96.2 Å². The molecule has 0 saturated heterocycles. The topological polar surface area (TPSA) is 46.5 Å². The van der Waals surface area contributed by atoms with Crippen LogP contribution in [0.4, 0.5) is 0 Å². The number of fused-ring (bicyclic) bond motifs is 5. The predicted molar refractivity (Wildman–Crippen MR) is 58.6 cm³/mol. The minimum absolute atomic E-state index is 0.0714. The number of aliphatic hydroxyl groups is 1. The summed E-state index contributed by atoms with van der Waals surface area (Å²) < 4.78 is 5.44. The van der Waals surface area contributed by atoms with Crippen molar-refractivity contribution in [1.29, 1.82) is 0 Å². The van der Waals surface area contributed by atoms with Crippen LogP contribution in [0.3, 0.4) is 0 Å². The molecule has 1 N–H and O–H groups in total. The van der Waals surface area contributed by atoms with Crippen molar-refractivity contribution in [2.45, 2.75) is 51.2 Å². The molecule has 3 aliphatic carbocycles. The van der Waals surface area contributed by atoms with Crippen LogP contribution in [-0.2, 0) is 9.53 Å². The van der Waals surface area contributed by atoms with E-state index in [1.165, 1.54) is 6.42 Å². The van der Waals surface area contributed by atoms with Gasteiger partial charge in [-0.05, 0) is 49.4 Å². The van der Waals surface area contributed by atoms with Gasteiger partial charge in [0.15, 0.2) is 0 Å². The fourth-order valence-electron chi connectivity index (χ4n) is 4.35. The van der Waals surface area contributed by atoms with E-state index in [-0.39, 0.29) is 18.2 Å². The molecule has 3 fully saturated rings. The Morgan fingerprint density at radius 3 is 2.69 bits per heavy atom. The largest absolute Gasteiger partial charge is 0.462 e. The number of aliphatic hydroxyl groups excluding tert-OH is 1. The highest BCUT2D eigenvalue weighted by Crippen LogP contribution is 2.59. The first-order chi connectivity index (χ1) is 7.69. The number of carbonyl (C=O) groups is 1. The Morgan fingerprint density at radius 2 is 1.94 bits per heavy atom. The highest BCUT2D eigenvalue weighted by atomic mass is 16.5. The van der Waals surface area contributed by atoms with Crippen LogP contribution in [0.5, 0.6) is 0 Å². The summed E-state index contributed by atoms with van der Waals surface area (Å²) in [6, 6.07) is 0. The number of carbonyl (C=O) groups excluding carboxylic acids is 1. The van der Waals surface area contributed by atoms with E-state index in [0.29, 0.717) is 24.2 Å². The lowest BCUT2D eigenvalue weighted by atomic mass is 9.80. The molecule has 0 spiro atoms. The highest BCUT2D eigenvalue weighted by molar-refractivity contribution is 5.69. The van der Waals surface area contributed by atoms with E-state index in [0.717, 1.165) is 25.2 Å². The van der Waals surface area contributed by atoms with Crippen LogP contribution in [0, 0.1) is 23.7 Å². The zero-order valence-electron chi connectivity index (χ0n) is 9.76. The van der Waals surface area contributed by atoms with Crippen LogP contribution < -0.4 is 0 Å². The van der Waals surface area contributed by atoms with E-state index in [1.54, 1.807) is 0 Å². The molecule has 90 valence electrons. The lowest BCUT2D eigenvalue weighted by Gasteiger charge is -2.27. The van der Waals surface area contributed by atoms with Gasteiger partial charge in [0.25, 0.3) is 0 Å². The van der Waals surface area contributed by atoms with E-state index < -0.39 is 0 Å². The summed E-state index contributed by atoms with van der Waals surface area (Å²) in [6.07, 6.45) is 4.77. The summed E-state index contributed by atoms with van der Waals surface area (Å²) in [4.78, 5) is 11.3. The fraction of sp³-hybridized carbons (Fsp3) is 0.923. The fourth-order valence-corrected chi connectivity index (χ4v) is 4.35. The van der Waals surface area contributed by atoms with Crippen molar-refractivity contribution in [2.75, 3.05) is 0 Å². The van der Waals surface area contributed by atoms with Crippen molar-refractivity contribution in [3.8, 4) is 0 Å². The van der Waals surface area contributed by atoms with Crippen LogP contribution in [0.15, 0.2) is 0 Å². The SMILES string of the molecule is CCC(=O)OC1CC2C3CC(O)C(C3)C2C1. The number of rotatable bonds is 2. The first-order valence-corrected chi connectivity index (χ1v) is 6.56. The van der Waals surface area contributed by atoms with Crippen LogP contribution in [0.25, 0.3) is 0 Å². The van der Waals surface area contributed by atoms with Crippen molar-refractivity contribution >= 4 is 5.97 Å². The number of hydrogen-bond donors (Lipinski definition) is 1. The van der Waals surface area contributed by atoms with Gasteiger partial charge in [-0.25, -0.2) is 0 Å². The Bertz CT molecular complexity index is 302. The molecule has 3 heteroatoms. The maximum atomic E-state index is 11.3. The third kappa shape index (κ3) is 1.48. The second-order valence-electron chi connectivity index (χ2n) is 5.73. The lowest BCUT2D eigenvalue weighted by molar-refractivity contribution is -0.148. The van der Waals surface area contributed by atoms with Gasteiger partial charge in [0.1, 0.15) is 6.10 Å². The van der Waals surface area contributed by atoms with Crippen molar-refractivity contribution < 1.29 is 14.6 Å². The predicted octanol–water partition coefficient (Wildman–Crippen LogP) is 1.74. The summed E-state index contributed by atoms with van der Waals surface area (Å²) in [5.74, 6) is 2.49. The van der Waals surface area contributed by atoms with Gasteiger partial charge < -0.3 is 9.84 Å². The van der Waals surface area contributed by atoms with E-state index in [1.807, 2.05) is 6.92 Å². The van der Waals surface area contributed by atoms with E-state index in [4.69, 9.17) is 4.74 Å². The molecule has 6 unspecified atom stereocenters. The van der Waals surface area contributed by atoms with Gasteiger partial charge in [0, 0.05) is 6.42 Å². The molecule has 3 aliphatic rings. The van der Waals surface area contributed by atoms with E-state index in [2.05, 4.69) is 0 Å². The second-order valence-corrected chi connectivity index (χ2v) is 5.73. The molecule has 0 aromatic heterocycles. The molecule has 3 rings (SSSR count). The average Bonchev–Trinajstić information content (AvgIpc) is 2.87. The van der Waals surface area contributed by atoms with Gasteiger partial charge >= 0.3 is 5.97 Å². The van der Waals surface area contributed by atoms with E-state index >= 15 is 0 Å². The molecule has 6 atom stereocenters. The Balaban J connectivity index is 1.64. The third-order valence-corrected chi connectivity index (χ3v) is 4.98. The summed E-state index contributed by atoms with van der Waals surface area (Å²) in [5.41, 5.74) is 0. The van der Waals surface area contributed by atoms with Gasteiger partial charge in [-0.15, -0.1) is 0 Å². The number of hydrogen-bond acceptors (Lipinski definition) is 3. The van der Waals surface area contributed by atoms with Crippen molar-refractivity contribution in [1.82, 2.24) is 0 Å². The van der Waals surface area contributed by atoms with Gasteiger partial charge in [0.2, 0.25) is 0 Å². The third-order valence-electron chi connectivity index (χ3n) is 4.98. The van der Waals surface area contributed by atoms with Crippen LogP contribution in [0.2, 0.25) is 0 Å². The molecule has 0 heterocycles. The molecule has 3 nitrogen and oxygen atoms in total. The minimum Gasteiger partial charge on any atom is -0.462 e. The van der Waals surface area contributed by atoms with E-state index in [9.17, 15) is 9.90 Å². The summed E-state index contributed by atoms with van der Waals surface area (Å²) >= 11 is 0. The van der Waals surface area contributed by atoms with Crippen LogP contribution in [0.1, 0.15) is 39.0 Å². The number of esters is 1. The molecule has 2 bridgehead atoms. The highest BCUT2D eigenvalue weighted by Gasteiger charge is 2.56. The maximum Gasteiger partial charge on any atom is 0.305 e. The molecular weight excluding hydrogens is 204 g/mol. The monoisotopic (exact) mass is 224 g/mol.